The molecule has 0 N–H and O–H groups in total. The first kappa shape index (κ1) is 9.69. The van der Waals surface area contributed by atoms with Crippen molar-refractivity contribution < 1.29 is 0 Å². The summed E-state index contributed by atoms with van der Waals surface area (Å²) in [7, 11) is -1.03. The Morgan fingerprint density at radius 1 is 1.67 bits per heavy atom. The van der Waals surface area contributed by atoms with Crippen LogP contribution in [-0.2, 0) is 0 Å². The first-order chi connectivity index (χ1) is 4.04. The minimum Gasteiger partial charge on any atom is -0.107 e. The highest BCUT2D eigenvalue weighted by atomic mass is 127. The fraction of sp³-hybridized carbons (Fsp3) is 0.714. The Balaban J connectivity index is 3.95. The molecule has 54 valence electrons. The number of rotatable bonds is 3. The molecule has 0 aliphatic heterocycles. The Morgan fingerprint density at radius 3 is 2.22 bits per heavy atom. The van der Waals surface area contributed by atoms with Crippen molar-refractivity contribution in [1.29, 1.82) is 0 Å². The van der Waals surface area contributed by atoms with Gasteiger partial charge in [0.15, 0.2) is 0 Å². The summed E-state index contributed by atoms with van der Waals surface area (Å²) in [5.74, 6) is 0. The van der Waals surface area contributed by atoms with E-state index >= 15 is 0 Å². The molecule has 9 heavy (non-hydrogen) atoms. The van der Waals surface area contributed by atoms with Crippen molar-refractivity contribution in [1.82, 2.24) is 0 Å². The van der Waals surface area contributed by atoms with Gasteiger partial charge in [-0.2, -0.15) is 0 Å². The van der Waals surface area contributed by atoms with E-state index in [0.717, 1.165) is 3.55 Å². The van der Waals surface area contributed by atoms with Crippen LogP contribution in [0.5, 0.6) is 0 Å². The van der Waals surface area contributed by atoms with Gasteiger partial charge in [0.05, 0.1) is 8.07 Å². The third-order valence-electron chi connectivity index (χ3n) is 1.69. The van der Waals surface area contributed by atoms with Crippen molar-refractivity contribution in [3.8, 4) is 0 Å². The maximum absolute atomic E-state index is 3.86. The summed E-state index contributed by atoms with van der Waals surface area (Å²) in [6.45, 7) is 10.8. The number of halogens is 1. The second-order valence-corrected chi connectivity index (χ2v) is 10.3. The molecule has 0 saturated heterocycles. The Morgan fingerprint density at radius 2 is 2.11 bits per heavy atom. The van der Waals surface area contributed by atoms with Crippen molar-refractivity contribution in [2.45, 2.75) is 30.0 Å². The van der Waals surface area contributed by atoms with Crippen LogP contribution >= 0.6 is 22.6 Å². The van der Waals surface area contributed by atoms with E-state index in [1.165, 1.54) is 6.42 Å². The van der Waals surface area contributed by atoms with Crippen LogP contribution in [0.3, 0.4) is 0 Å². The smallest absolute Gasteiger partial charge is 0.0842 e. The second-order valence-electron chi connectivity index (χ2n) is 2.90. The highest BCUT2D eigenvalue weighted by Gasteiger charge is 2.23. The molecule has 0 radical (unpaired) electrons. The van der Waals surface area contributed by atoms with E-state index < -0.39 is 8.07 Å². The normalized spacial score (nSPS) is 15.1. The zero-order valence-corrected chi connectivity index (χ0v) is 9.60. The molecule has 0 heterocycles. The van der Waals surface area contributed by atoms with Gasteiger partial charge in [0, 0.05) is 3.55 Å². The summed E-state index contributed by atoms with van der Waals surface area (Å²) in [5.41, 5.74) is 2.17. The fourth-order valence-corrected chi connectivity index (χ4v) is 2.72. The van der Waals surface area contributed by atoms with Gasteiger partial charge in [-0.25, -0.2) is 0 Å². The molecule has 0 fully saturated rings. The predicted octanol–water partition coefficient (Wildman–Crippen LogP) is 3.17. The average Bonchev–Trinajstić information content (AvgIpc) is 1.86. The highest BCUT2D eigenvalue weighted by molar-refractivity contribution is 14.1. The molecule has 0 nitrogen and oxygen atoms in total. The standard InChI is InChI=1S/C7H15ISi/c1-5-7(8)9(3,4)6-2/h6-7H,2,5H2,1,3-4H3. The summed E-state index contributed by atoms with van der Waals surface area (Å²) in [4.78, 5) is 0. The molecule has 0 rings (SSSR count). The van der Waals surface area contributed by atoms with Crippen LogP contribution in [0, 0.1) is 0 Å². The van der Waals surface area contributed by atoms with Crippen LogP contribution in [0.4, 0.5) is 0 Å². The summed E-state index contributed by atoms with van der Waals surface area (Å²) in [5, 5.41) is 0. The summed E-state index contributed by atoms with van der Waals surface area (Å²) < 4.78 is 0.854. The highest BCUT2D eigenvalue weighted by Crippen LogP contribution is 2.20. The fourth-order valence-electron chi connectivity index (χ4n) is 0.654. The molecule has 2 heteroatoms. The third kappa shape index (κ3) is 2.84. The molecular formula is C7H15ISi. The van der Waals surface area contributed by atoms with Gasteiger partial charge in [-0.15, -0.1) is 12.3 Å². The summed E-state index contributed by atoms with van der Waals surface area (Å²) in [6.07, 6.45) is 1.28. The Bertz CT molecular complexity index is 99.1. The topological polar surface area (TPSA) is 0 Å². The predicted molar refractivity (Wildman–Crippen MR) is 55.8 cm³/mol. The molecule has 0 aromatic carbocycles. The molecule has 0 aromatic heterocycles. The minimum atomic E-state index is -1.03. The van der Waals surface area contributed by atoms with E-state index in [1.807, 2.05) is 0 Å². The average molecular weight is 254 g/mol. The molecule has 0 aliphatic carbocycles. The van der Waals surface area contributed by atoms with Gasteiger partial charge in [0.2, 0.25) is 0 Å². The van der Waals surface area contributed by atoms with E-state index in [-0.39, 0.29) is 0 Å². The van der Waals surface area contributed by atoms with E-state index in [1.54, 1.807) is 0 Å². The van der Waals surface area contributed by atoms with Crippen LogP contribution in [0.15, 0.2) is 12.3 Å². The number of hydrogen-bond donors (Lipinski definition) is 0. The van der Waals surface area contributed by atoms with Gasteiger partial charge in [-0.3, -0.25) is 0 Å². The molecule has 0 aliphatic rings. The van der Waals surface area contributed by atoms with E-state index in [4.69, 9.17) is 0 Å². The lowest BCUT2D eigenvalue weighted by Gasteiger charge is -2.22. The zero-order valence-electron chi connectivity index (χ0n) is 6.45. The largest absolute Gasteiger partial charge is 0.107 e. The first-order valence-corrected chi connectivity index (χ1v) is 7.72. The molecule has 0 amide bonds. The van der Waals surface area contributed by atoms with Crippen molar-refractivity contribution in [2.75, 3.05) is 0 Å². The van der Waals surface area contributed by atoms with Gasteiger partial charge in [-0.1, -0.05) is 42.6 Å². The van der Waals surface area contributed by atoms with Gasteiger partial charge in [0.1, 0.15) is 0 Å². The third-order valence-corrected chi connectivity index (χ3v) is 10.5. The van der Waals surface area contributed by atoms with Crippen LogP contribution < -0.4 is 0 Å². The van der Waals surface area contributed by atoms with Gasteiger partial charge < -0.3 is 0 Å². The Kier molecular flexibility index (Phi) is 4.04. The van der Waals surface area contributed by atoms with Gasteiger partial charge in [-0.05, 0) is 6.42 Å². The zero-order chi connectivity index (χ0) is 7.49. The van der Waals surface area contributed by atoms with Crippen molar-refractivity contribution in [3.63, 3.8) is 0 Å². The van der Waals surface area contributed by atoms with E-state index in [0.29, 0.717) is 0 Å². The monoisotopic (exact) mass is 254 g/mol. The molecule has 0 saturated carbocycles. The van der Waals surface area contributed by atoms with Crippen molar-refractivity contribution >= 4 is 30.7 Å². The number of alkyl halides is 1. The molecule has 0 aromatic rings. The number of hydrogen-bond acceptors (Lipinski definition) is 0. The molecule has 1 atom stereocenters. The Labute approximate surface area is 72.9 Å². The van der Waals surface area contributed by atoms with Crippen LogP contribution in [0.2, 0.25) is 13.1 Å². The first-order valence-electron chi connectivity index (χ1n) is 3.32. The van der Waals surface area contributed by atoms with Crippen LogP contribution in [0.25, 0.3) is 0 Å². The quantitative estimate of drug-likeness (QED) is 0.412. The van der Waals surface area contributed by atoms with Crippen molar-refractivity contribution in [2.24, 2.45) is 0 Å². The van der Waals surface area contributed by atoms with Crippen molar-refractivity contribution in [3.05, 3.63) is 12.3 Å². The van der Waals surface area contributed by atoms with Crippen LogP contribution in [0.1, 0.15) is 13.3 Å². The maximum Gasteiger partial charge on any atom is 0.0842 e. The van der Waals surface area contributed by atoms with E-state index in [2.05, 4.69) is 54.9 Å². The summed E-state index contributed by atoms with van der Waals surface area (Å²) in [6, 6.07) is 0. The van der Waals surface area contributed by atoms with Gasteiger partial charge >= 0.3 is 0 Å². The van der Waals surface area contributed by atoms with Crippen LogP contribution in [-0.4, -0.2) is 11.6 Å². The maximum atomic E-state index is 3.86. The summed E-state index contributed by atoms with van der Waals surface area (Å²) >= 11 is 2.54. The SMILES string of the molecule is C=C[Si](C)(C)C(I)CC. The minimum absolute atomic E-state index is 0.854. The lowest BCUT2D eigenvalue weighted by atomic mass is 10.6. The molecule has 0 bridgehead atoms. The second kappa shape index (κ2) is 3.76. The molecular weight excluding hydrogens is 239 g/mol. The lowest BCUT2D eigenvalue weighted by Crippen LogP contribution is -2.34. The lowest BCUT2D eigenvalue weighted by molar-refractivity contribution is 1.04. The van der Waals surface area contributed by atoms with E-state index in [9.17, 15) is 0 Å². The molecule has 1 unspecified atom stereocenters. The van der Waals surface area contributed by atoms with Gasteiger partial charge in [0.25, 0.3) is 0 Å². The molecule has 0 spiro atoms. The Hall–Kier alpha value is 0.687.